The predicted octanol–water partition coefficient (Wildman–Crippen LogP) is 5.60. The van der Waals surface area contributed by atoms with Crippen molar-refractivity contribution in [3.05, 3.63) is 24.3 Å². The third kappa shape index (κ3) is 19.8. The zero-order chi connectivity index (χ0) is 33.1. The molecule has 0 bridgehead atoms. The maximum Gasteiger partial charge on any atom is 0.220 e. The van der Waals surface area contributed by atoms with Gasteiger partial charge >= 0.3 is 0 Å². The molecular weight excluding hydrogens is 574 g/mol. The highest BCUT2D eigenvalue weighted by atomic mass is 16.7. The number of hydrogen-bond donors (Lipinski definition) is 6. The number of rotatable bonds is 28. The van der Waals surface area contributed by atoms with Gasteiger partial charge in [0.1, 0.15) is 24.4 Å². The minimum atomic E-state index is -1.55. The normalized spacial score (nSPS) is 23.6. The van der Waals surface area contributed by atoms with Crippen LogP contribution >= 0.6 is 0 Å². The van der Waals surface area contributed by atoms with Crippen molar-refractivity contribution < 1.29 is 39.8 Å². The molecule has 9 nitrogen and oxygen atoms in total. The molecule has 1 heterocycles. The Hall–Kier alpha value is -1.33. The molecule has 1 rings (SSSR count). The van der Waals surface area contributed by atoms with Gasteiger partial charge in [0.25, 0.3) is 0 Å². The summed E-state index contributed by atoms with van der Waals surface area (Å²) in [4.78, 5) is 12.7. The molecule has 1 aliphatic rings. The van der Waals surface area contributed by atoms with Gasteiger partial charge in [0, 0.05) is 6.42 Å². The second-order valence-corrected chi connectivity index (χ2v) is 12.7. The van der Waals surface area contributed by atoms with Crippen LogP contribution in [0.1, 0.15) is 142 Å². The van der Waals surface area contributed by atoms with Gasteiger partial charge in [0.05, 0.1) is 25.4 Å². The standard InChI is InChI=1S/C36H67NO8/c1-3-5-7-8-9-10-11-12-13-14-15-16-17-18-19-20-21-22-24-26-32(40)37-29(30(39)25-23-6-4-2)28-44-36-35(43)34(42)33(41)31(27-38)45-36/h9-10,12-13,29-31,33-36,38-39,41-43H,3-8,11,14-28H2,1-2H3,(H,37,40)/b10-9-,13-12-. The number of allylic oxidation sites excluding steroid dienone is 4. The zero-order valence-corrected chi connectivity index (χ0v) is 28.4. The van der Waals surface area contributed by atoms with Crippen molar-refractivity contribution in [2.75, 3.05) is 13.2 Å². The molecule has 0 aliphatic carbocycles. The van der Waals surface area contributed by atoms with Crippen LogP contribution in [0.5, 0.6) is 0 Å². The van der Waals surface area contributed by atoms with Gasteiger partial charge in [-0.15, -0.1) is 0 Å². The average molecular weight is 642 g/mol. The van der Waals surface area contributed by atoms with Gasteiger partial charge in [-0.05, 0) is 44.9 Å². The fourth-order valence-corrected chi connectivity index (χ4v) is 5.54. The fraction of sp³-hybridized carbons (Fsp3) is 0.861. The Balaban J connectivity index is 2.22. The van der Waals surface area contributed by atoms with Crippen LogP contribution in [0.15, 0.2) is 24.3 Å². The summed E-state index contributed by atoms with van der Waals surface area (Å²) in [6.45, 7) is 3.61. The van der Waals surface area contributed by atoms with Crippen LogP contribution < -0.4 is 5.32 Å². The molecule has 264 valence electrons. The number of aliphatic hydroxyl groups is 5. The van der Waals surface area contributed by atoms with Crippen LogP contribution in [0.3, 0.4) is 0 Å². The first-order chi connectivity index (χ1) is 21.8. The number of carbonyl (C=O) groups is 1. The Morgan fingerprint density at radius 3 is 1.91 bits per heavy atom. The predicted molar refractivity (Wildman–Crippen MR) is 180 cm³/mol. The summed E-state index contributed by atoms with van der Waals surface area (Å²) in [5.74, 6) is -0.163. The molecule has 0 saturated carbocycles. The molecule has 1 amide bonds. The van der Waals surface area contributed by atoms with E-state index in [0.29, 0.717) is 12.8 Å². The molecular formula is C36H67NO8. The lowest BCUT2D eigenvalue weighted by atomic mass is 9.99. The van der Waals surface area contributed by atoms with Gasteiger partial charge in [-0.25, -0.2) is 0 Å². The quantitative estimate of drug-likeness (QED) is 0.0478. The SMILES string of the molecule is CCCCC/C=C\C/C=C\CCCCCCCCCCCC(=O)NC(COC1OC(CO)C(O)C(O)C1O)C(O)CCCCC. The molecule has 0 aromatic rings. The van der Waals surface area contributed by atoms with E-state index < -0.39 is 49.5 Å². The van der Waals surface area contributed by atoms with Crippen LogP contribution in [0, 0.1) is 0 Å². The first-order valence-electron chi connectivity index (χ1n) is 18.0. The van der Waals surface area contributed by atoms with Gasteiger partial charge in [0.2, 0.25) is 5.91 Å². The highest BCUT2D eigenvalue weighted by Crippen LogP contribution is 2.22. The van der Waals surface area contributed by atoms with E-state index in [1.165, 1.54) is 70.6 Å². The third-order valence-electron chi connectivity index (χ3n) is 8.56. The van der Waals surface area contributed by atoms with Gasteiger partial charge < -0.3 is 40.3 Å². The van der Waals surface area contributed by atoms with Crippen molar-refractivity contribution in [2.24, 2.45) is 0 Å². The summed E-state index contributed by atoms with van der Waals surface area (Å²) in [7, 11) is 0. The number of hydrogen-bond acceptors (Lipinski definition) is 8. The molecule has 7 atom stereocenters. The van der Waals surface area contributed by atoms with E-state index in [-0.39, 0.29) is 12.5 Å². The van der Waals surface area contributed by atoms with Gasteiger partial charge in [-0.2, -0.15) is 0 Å². The maximum atomic E-state index is 12.7. The van der Waals surface area contributed by atoms with Crippen molar-refractivity contribution >= 4 is 5.91 Å². The van der Waals surface area contributed by atoms with E-state index in [1.54, 1.807) is 0 Å². The topological polar surface area (TPSA) is 149 Å². The largest absolute Gasteiger partial charge is 0.394 e. The Bertz CT molecular complexity index is 761. The molecule has 1 aliphatic heterocycles. The van der Waals surface area contributed by atoms with Gasteiger partial charge in [0.15, 0.2) is 6.29 Å². The Morgan fingerprint density at radius 2 is 1.31 bits per heavy atom. The van der Waals surface area contributed by atoms with E-state index >= 15 is 0 Å². The Kier molecular flexibility index (Phi) is 25.7. The molecule has 6 N–H and O–H groups in total. The van der Waals surface area contributed by atoms with E-state index in [2.05, 4.69) is 43.5 Å². The summed E-state index contributed by atoms with van der Waals surface area (Å²) in [5.41, 5.74) is 0. The molecule has 1 fully saturated rings. The highest BCUT2D eigenvalue weighted by molar-refractivity contribution is 5.76. The second kappa shape index (κ2) is 27.8. The summed E-state index contributed by atoms with van der Waals surface area (Å²) in [5, 5.41) is 53.3. The van der Waals surface area contributed by atoms with Crippen LogP contribution in [0.25, 0.3) is 0 Å². The van der Waals surface area contributed by atoms with E-state index in [9.17, 15) is 30.3 Å². The number of nitrogens with one attached hydrogen (secondary N) is 1. The summed E-state index contributed by atoms with van der Waals surface area (Å²) in [6.07, 6.45) is 22.7. The lowest BCUT2D eigenvalue weighted by Crippen LogP contribution is -2.60. The van der Waals surface area contributed by atoms with E-state index in [0.717, 1.165) is 44.9 Å². The van der Waals surface area contributed by atoms with Crippen molar-refractivity contribution in [1.82, 2.24) is 5.32 Å². The Labute approximate surface area is 273 Å². The minimum absolute atomic E-state index is 0.144. The lowest BCUT2D eigenvalue weighted by molar-refractivity contribution is -0.302. The second-order valence-electron chi connectivity index (χ2n) is 12.7. The zero-order valence-electron chi connectivity index (χ0n) is 28.4. The van der Waals surface area contributed by atoms with Crippen LogP contribution in [-0.2, 0) is 14.3 Å². The van der Waals surface area contributed by atoms with E-state index in [4.69, 9.17) is 9.47 Å². The molecule has 0 aromatic carbocycles. The van der Waals surface area contributed by atoms with Crippen molar-refractivity contribution in [2.45, 2.75) is 185 Å². The van der Waals surface area contributed by atoms with Crippen LogP contribution in [-0.4, -0.2) is 87.5 Å². The van der Waals surface area contributed by atoms with Crippen LogP contribution in [0.2, 0.25) is 0 Å². The van der Waals surface area contributed by atoms with Crippen molar-refractivity contribution in [1.29, 1.82) is 0 Å². The highest BCUT2D eigenvalue weighted by Gasteiger charge is 2.44. The number of carbonyl (C=O) groups excluding carboxylic acids is 1. The third-order valence-corrected chi connectivity index (χ3v) is 8.56. The lowest BCUT2D eigenvalue weighted by Gasteiger charge is -2.40. The molecule has 9 heteroatoms. The average Bonchev–Trinajstić information content (AvgIpc) is 3.03. The van der Waals surface area contributed by atoms with Gasteiger partial charge in [-0.1, -0.05) is 115 Å². The summed E-state index contributed by atoms with van der Waals surface area (Å²) in [6, 6.07) is -0.714. The van der Waals surface area contributed by atoms with E-state index in [1.807, 2.05) is 0 Å². The number of ether oxygens (including phenoxy) is 2. The summed E-state index contributed by atoms with van der Waals surface area (Å²) >= 11 is 0. The van der Waals surface area contributed by atoms with Crippen LogP contribution in [0.4, 0.5) is 0 Å². The first-order valence-corrected chi connectivity index (χ1v) is 18.0. The number of aliphatic hydroxyl groups excluding tert-OH is 5. The molecule has 1 saturated heterocycles. The molecule has 45 heavy (non-hydrogen) atoms. The molecule has 0 aromatic heterocycles. The molecule has 0 radical (unpaired) electrons. The van der Waals surface area contributed by atoms with Crippen molar-refractivity contribution in [3.63, 3.8) is 0 Å². The van der Waals surface area contributed by atoms with Crippen molar-refractivity contribution in [3.8, 4) is 0 Å². The minimum Gasteiger partial charge on any atom is -0.394 e. The number of amides is 1. The number of unbranched alkanes of at least 4 members (excludes halogenated alkanes) is 14. The van der Waals surface area contributed by atoms with Gasteiger partial charge in [-0.3, -0.25) is 4.79 Å². The molecule has 0 spiro atoms. The summed E-state index contributed by atoms with van der Waals surface area (Å²) < 4.78 is 11.1. The fourth-order valence-electron chi connectivity index (χ4n) is 5.54. The molecule has 7 unspecified atom stereocenters. The monoisotopic (exact) mass is 641 g/mol. The smallest absolute Gasteiger partial charge is 0.220 e. The maximum absolute atomic E-state index is 12.7. The Morgan fingerprint density at radius 1 is 0.756 bits per heavy atom. The first kappa shape index (κ1) is 41.7.